The van der Waals surface area contributed by atoms with Gasteiger partial charge in [0.15, 0.2) is 0 Å². The molecule has 0 heterocycles. The van der Waals surface area contributed by atoms with Gasteiger partial charge in [0.05, 0.1) is 0 Å². The summed E-state index contributed by atoms with van der Waals surface area (Å²) in [6, 6.07) is 4.53. The molecule has 0 radical (unpaired) electrons. The maximum absolute atomic E-state index is 2.27. The zero-order valence-electron chi connectivity index (χ0n) is 8.57. The topological polar surface area (TPSA) is 0 Å². The Morgan fingerprint density at radius 2 is 1.17 bits per heavy atom. The van der Waals surface area contributed by atoms with Gasteiger partial charge in [-0.3, -0.25) is 0 Å². The normalized spacial score (nSPS) is 10.3. The molecule has 0 spiro atoms. The fourth-order valence-corrected chi connectivity index (χ4v) is 1.70. The number of benzene rings is 1. The molecule has 66 valence electrons. The van der Waals surface area contributed by atoms with Crippen LogP contribution in [0.1, 0.15) is 36.1 Å². The number of hydrogen-bond acceptors (Lipinski definition) is 0. The third-order valence-corrected chi connectivity index (χ3v) is 2.77. The Kier molecular flexibility index (Phi) is 2.91. The van der Waals surface area contributed by atoms with Crippen molar-refractivity contribution in [2.45, 2.75) is 40.5 Å². The third kappa shape index (κ3) is 1.52. The minimum Gasteiger partial charge on any atom is -0.0613 e. The van der Waals surface area contributed by atoms with Crippen LogP contribution in [0.2, 0.25) is 0 Å². The highest BCUT2D eigenvalue weighted by Gasteiger charge is 2.02. The molecule has 0 saturated heterocycles. The SMILES string of the molecule is CCc1ccc(CC)c(C)c1C. The van der Waals surface area contributed by atoms with Crippen molar-refractivity contribution in [1.29, 1.82) is 0 Å². The second kappa shape index (κ2) is 3.75. The quantitative estimate of drug-likeness (QED) is 0.625. The zero-order chi connectivity index (χ0) is 9.14. The molecule has 1 aromatic carbocycles. The molecule has 1 aromatic rings. The van der Waals surface area contributed by atoms with Crippen LogP contribution < -0.4 is 0 Å². The van der Waals surface area contributed by atoms with Gasteiger partial charge >= 0.3 is 0 Å². The Morgan fingerprint density at radius 3 is 1.42 bits per heavy atom. The van der Waals surface area contributed by atoms with Crippen molar-refractivity contribution in [2.75, 3.05) is 0 Å². The summed E-state index contributed by atoms with van der Waals surface area (Å²) in [6.45, 7) is 8.89. The van der Waals surface area contributed by atoms with E-state index in [1.807, 2.05) is 0 Å². The molecule has 0 aliphatic rings. The molecule has 12 heavy (non-hydrogen) atoms. The lowest BCUT2D eigenvalue weighted by molar-refractivity contribution is 1.04. The number of rotatable bonds is 2. The van der Waals surface area contributed by atoms with E-state index in [4.69, 9.17) is 0 Å². The highest BCUT2D eigenvalue weighted by atomic mass is 14.1. The minimum atomic E-state index is 1.15. The van der Waals surface area contributed by atoms with Gasteiger partial charge in [-0.25, -0.2) is 0 Å². The first kappa shape index (κ1) is 9.31. The fourth-order valence-electron chi connectivity index (χ4n) is 1.70. The van der Waals surface area contributed by atoms with Gasteiger partial charge < -0.3 is 0 Å². The van der Waals surface area contributed by atoms with Gasteiger partial charge in [-0.05, 0) is 48.9 Å². The average molecular weight is 162 g/mol. The van der Waals surface area contributed by atoms with Crippen LogP contribution in [-0.2, 0) is 12.8 Å². The molecule has 0 N–H and O–H groups in total. The Hall–Kier alpha value is -0.780. The smallest absolute Gasteiger partial charge is 0.0305 e. The molecular formula is C12H18. The molecule has 0 unspecified atom stereocenters. The Balaban J connectivity index is 3.20. The summed E-state index contributed by atoms with van der Waals surface area (Å²) in [5.74, 6) is 0. The van der Waals surface area contributed by atoms with Gasteiger partial charge in [-0.15, -0.1) is 0 Å². The molecule has 0 saturated carbocycles. The predicted octanol–water partition coefficient (Wildman–Crippen LogP) is 3.43. The average Bonchev–Trinajstić information content (AvgIpc) is 2.10. The molecule has 0 amide bonds. The molecule has 0 aromatic heterocycles. The monoisotopic (exact) mass is 162 g/mol. The summed E-state index contributed by atoms with van der Waals surface area (Å²) in [4.78, 5) is 0. The van der Waals surface area contributed by atoms with Crippen molar-refractivity contribution < 1.29 is 0 Å². The van der Waals surface area contributed by atoms with Crippen LogP contribution in [0.4, 0.5) is 0 Å². The number of hydrogen-bond donors (Lipinski definition) is 0. The van der Waals surface area contributed by atoms with Crippen LogP contribution in [0.15, 0.2) is 12.1 Å². The second-order valence-corrected chi connectivity index (χ2v) is 3.34. The van der Waals surface area contributed by atoms with Crippen molar-refractivity contribution >= 4 is 0 Å². The Bertz CT molecular complexity index is 243. The van der Waals surface area contributed by atoms with Crippen LogP contribution in [0.3, 0.4) is 0 Å². The Labute approximate surface area is 75.6 Å². The first-order valence-corrected chi connectivity index (χ1v) is 4.78. The highest BCUT2D eigenvalue weighted by Crippen LogP contribution is 2.18. The van der Waals surface area contributed by atoms with Crippen molar-refractivity contribution in [1.82, 2.24) is 0 Å². The fraction of sp³-hybridized carbons (Fsp3) is 0.500. The second-order valence-electron chi connectivity index (χ2n) is 3.34. The molecule has 0 aliphatic carbocycles. The summed E-state index contributed by atoms with van der Waals surface area (Å²) in [5, 5.41) is 0. The van der Waals surface area contributed by atoms with E-state index >= 15 is 0 Å². The predicted molar refractivity (Wildman–Crippen MR) is 54.7 cm³/mol. The molecule has 0 aliphatic heterocycles. The van der Waals surface area contributed by atoms with Crippen LogP contribution in [0.5, 0.6) is 0 Å². The Morgan fingerprint density at radius 1 is 0.833 bits per heavy atom. The van der Waals surface area contributed by atoms with Crippen LogP contribution in [0, 0.1) is 13.8 Å². The van der Waals surface area contributed by atoms with Gasteiger partial charge in [0, 0.05) is 0 Å². The van der Waals surface area contributed by atoms with Crippen LogP contribution in [0.25, 0.3) is 0 Å². The van der Waals surface area contributed by atoms with Gasteiger partial charge in [0.25, 0.3) is 0 Å². The summed E-state index contributed by atoms with van der Waals surface area (Å²) in [5.41, 5.74) is 5.95. The van der Waals surface area contributed by atoms with E-state index in [2.05, 4.69) is 39.8 Å². The summed E-state index contributed by atoms with van der Waals surface area (Å²) in [7, 11) is 0. The van der Waals surface area contributed by atoms with Crippen molar-refractivity contribution in [3.8, 4) is 0 Å². The number of aryl methyl sites for hydroxylation is 2. The standard InChI is InChI=1S/C12H18/c1-5-11-7-8-12(6-2)10(4)9(11)3/h7-8H,5-6H2,1-4H3. The lowest BCUT2D eigenvalue weighted by Gasteiger charge is -2.10. The highest BCUT2D eigenvalue weighted by molar-refractivity contribution is 5.39. The van der Waals surface area contributed by atoms with E-state index in [1.165, 1.54) is 22.3 Å². The molecule has 0 fully saturated rings. The van der Waals surface area contributed by atoms with E-state index in [1.54, 1.807) is 0 Å². The largest absolute Gasteiger partial charge is 0.0613 e. The molecule has 0 bridgehead atoms. The molecule has 0 atom stereocenters. The molecular weight excluding hydrogens is 144 g/mol. The lowest BCUT2D eigenvalue weighted by atomic mass is 9.96. The van der Waals surface area contributed by atoms with E-state index in [0.29, 0.717) is 0 Å². The molecule has 1 rings (SSSR count). The molecule has 0 nitrogen and oxygen atoms in total. The van der Waals surface area contributed by atoms with Gasteiger partial charge in [-0.2, -0.15) is 0 Å². The van der Waals surface area contributed by atoms with E-state index in [0.717, 1.165) is 12.8 Å². The first-order valence-electron chi connectivity index (χ1n) is 4.78. The summed E-state index contributed by atoms with van der Waals surface area (Å²) < 4.78 is 0. The maximum Gasteiger partial charge on any atom is -0.0305 e. The van der Waals surface area contributed by atoms with Crippen molar-refractivity contribution in [3.63, 3.8) is 0 Å². The van der Waals surface area contributed by atoms with E-state index in [9.17, 15) is 0 Å². The van der Waals surface area contributed by atoms with E-state index < -0.39 is 0 Å². The van der Waals surface area contributed by atoms with E-state index in [-0.39, 0.29) is 0 Å². The first-order chi connectivity index (χ1) is 5.70. The van der Waals surface area contributed by atoms with Gasteiger partial charge in [0.2, 0.25) is 0 Å². The zero-order valence-corrected chi connectivity index (χ0v) is 8.57. The van der Waals surface area contributed by atoms with Gasteiger partial charge in [0.1, 0.15) is 0 Å². The lowest BCUT2D eigenvalue weighted by Crippen LogP contribution is -1.95. The van der Waals surface area contributed by atoms with Crippen LogP contribution in [-0.4, -0.2) is 0 Å². The van der Waals surface area contributed by atoms with Crippen molar-refractivity contribution in [2.24, 2.45) is 0 Å². The third-order valence-electron chi connectivity index (χ3n) is 2.77. The maximum atomic E-state index is 2.27. The van der Waals surface area contributed by atoms with Crippen LogP contribution >= 0.6 is 0 Å². The van der Waals surface area contributed by atoms with Crippen molar-refractivity contribution in [3.05, 3.63) is 34.4 Å². The molecule has 0 heteroatoms. The summed E-state index contributed by atoms with van der Waals surface area (Å²) in [6.07, 6.45) is 2.30. The van der Waals surface area contributed by atoms with Gasteiger partial charge in [-0.1, -0.05) is 26.0 Å². The summed E-state index contributed by atoms with van der Waals surface area (Å²) >= 11 is 0. The minimum absolute atomic E-state index is 1.15.